The minimum absolute atomic E-state index is 0.141. The first kappa shape index (κ1) is 15.3. The molecule has 0 radical (unpaired) electrons. The van der Waals surface area contributed by atoms with Crippen LogP contribution >= 0.6 is 15.9 Å². The van der Waals surface area contributed by atoms with E-state index in [4.69, 9.17) is 9.84 Å². The zero-order valence-corrected chi connectivity index (χ0v) is 12.5. The van der Waals surface area contributed by atoms with Gasteiger partial charge in [-0.15, -0.1) is 0 Å². The van der Waals surface area contributed by atoms with Gasteiger partial charge < -0.3 is 20.3 Å². The van der Waals surface area contributed by atoms with E-state index in [9.17, 15) is 5.11 Å². The molecule has 0 aliphatic heterocycles. The molecule has 0 aliphatic rings. The molecule has 2 atom stereocenters. The maximum Gasteiger partial charge on any atom is 0.162 e. The van der Waals surface area contributed by atoms with Crippen LogP contribution < -0.4 is 10.1 Å². The Kier molecular flexibility index (Phi) is 5.91. The fourth-order valence-corrected chi connectivity index (χ4v) is 2.03. The summed E-state index contributed by atoms with van der Waals surface area (Å²) in [5, 5.41) is 22.3. The van der Waals surface area contributed by atoms with Gasteiger partial charge >= 0.3 is 0 Å². The van der Waals surface area contributed by atoms with Crippen LogP contribution in [0.25, 0.3) is 0 Å². The van der Waals surface area contributed by atoms with E-state index in [1.807, 2.05) is 19.9 Å². The second-order valence-electron chi connectivity index (χ2n) is 4.45. The van der Waals surface area contributed by atoms with Gasteiger partial charge in [-0.1, -0.05) is 22.9 Å². The molecule has 1 aromatic rings. The van der Waals surface area contributed by atoms with E-state index in [1.165, 1.54) is 7.11 Å². The second kappa shape index (κ2) is 6.97. The average molecular weight is 318 g/mol. The third-order valence-electron chi connectivity index (χ3n) is 3.09. The number of rotatable bonds is 6. The average Bonchev–Trinajstić information content (AvgIpc) is 2.37. The van der Waals surface area contributed by atoms with Crippen molar-refractivity contribution >= 4 is 15.9 Å². The number of benzene rings is 1. The Balaban J connectivity index is 2.76. The predicted molar refractivity (Wildman–Crippen MR) is 74.9 cm³/mol. The monoisotopic (exact) mass is 317 g/mol. The molecule has 0 aliphatic carbocycles. The van der Waals surface area contributed by atoms with Gasteiger partial charge in [0, 0.05) is 29.2 Å². The van der Waals surface area contributed by atoms with Gasteiger partial charge in [-0.3, -0.25) is 0 Å². The summed E-state index contributed by atoms with van der Waals surface area (Å²) in [5.74, 6) is 0.766. The Labute approximate surface area is 116 Å². The van der Waals surface area contributed by atoms with Crippen molar-refractivity contribution in [3.8, 4) is 11.5 Å². The number of nitrogens with one attached hydrogen (secondary N) is 1. The summed E-state index contributed by atoms with van der Waals surface area (Å²) in [6, 6.07) is 3.74. The molecule has 1 rings (SSSR count). The van der Waals surface area contributed by atoms with E-state index in [0.717, 1.165) is 10.0 Å². The first-order valence-corrected chi connectivity index (χ1v) is 6.68. The van der Waals surface area contributed by atoms with Crippen molar-refractivity contribution in [1.29, 1.82) is 0 Å². The summed E-state index contributed by atoms with van der Waals surface area (Å²) in [5.41, 5.74) is 0.762. The second-order valence-corrected chi connectivity index (χ2v) is 5.36. The van der Waals surface area contributed by atoms with E-state index in [2.05, 4.69) is 21.2 Å². The molecule has 5 heteroatoms. The van der Waals surface area contributed by atoms with Gasteiger partial charge in [0.25, 0.3) is 0 Å². The Morgan fingerprint density at radius 1 is 1.39 bits per heavy atom. The molecule has 102 valence electrons. The molecule has 0 aromatic heterocycles. The van der Waals surface area contributed by atoms with Gasteiger partial charge in [-0.25, -0.2) is 0 Å². The summed E-state index contributed by atoms with van der Waals surface area (Å²) in [4.78, 5) is 0. The lowest BCUT2D eigenvalue weighted by Crippen LogP contribution is -2.33. The standard InChI is InChI=1S/C13H20BrNO3/c1-8(7-16)9(2)15-6-10-4-11(14)5-12(18-3)13(10)17/h4-5,8-9,15-17H,6-7H2,1-3H3. The van der Waals surface area contributed by atoms with Crippen LogP contribution in [-0.4, -0.2) is 30.0 Å². The third kappa shape index (κ3) is 3.86. The summed E-state index contributed by atoms with van der Waals surface area (Å²) in [6.45, 7) is 4.64. The number of methoxy groups -OCH3 is 1. The van der Waals surface area contributed by atoms with E-state index in [0.29, 0.717) is 12.3 Å². The molecule has 4 nitrogen and oxygen atoms in total. The van der Waals surface area contributed by atoms with Crippen molar-refractivity contribution in [3.63, 3.8) is 0 Å². The number of aliphatic hydroxyl groups excluding tert-OH is 1. The molecule has 0 saturated carbocycles. The van der Waals surface area contributed by atoms with Crippen molar-refractivity contribution in [2.45, 2.75) is 26.4 Å². The highest BCUT2D eigenvalue weighted by molar-refractivity contribution is 9.10. The summed E-state index contributed by atoms with van der Waals surface area (Å²) in [7, 11) is 1.52. The van der Waals surface area contributed by atoms with Crippen molar-refractivity contribution in [2.75, 3.05) is 13.7 Å². The highest BCUT2D eigenvalue weighted by Crippen LogP contribution is 2.33. The zero-order chi connectivity index (χ0) is 13.7. The molecular formula is C13H20BrNO3. The molecular weight excluding hydrogens is 298 g/mol. The van der Waals surface area contributed by atoms with Gasteiger partial charge in [0.15, 0.2) is 11.5 Å². The van der Waals surface area contributed by atoms with Crippen molar-refractivity contribution < 1.29 is 14.9 Å². The Bertz CT molecular complexity index is 398. The SMILES string of the molecule is COc1cc(Br)cc(CNC(C)C(C)CO)c1O. The van der Waals surface area contributed by atoms with Gasteiger partial charge in [-0.05, 0) is 25.0 Å². The minimum Gasteiger partial charge on any atom is -0.504 e. The number of hydrogen-bond acceptors (Lipinski definition) is 4. The van der Waals surface area contributed by atoms with Crippen LogP contribution in [0.5, 0.6) is 11.5 Å². The number of phenols is 1. The first-order chi connectivity index (χ1) is 8.49. The molecule has 2 unspecified atom stereocenters. The van der Waals surface area contributed by atoms with Gasteiger partial charge in [0.05, 0.1) is 7.11 Å². The quantitative estimate of drug-likeness (QED) is 0.753. The Hall–Kier alpha value is -0.780. The molecule has 3 N–H and O–H groups in total. The summed E-state index contributed by atoms with van der Waals surface area (Å²) in [6.07, 6.45) is 0. The van der Waals surface area contributed by atoms with Crippen molar-refractivity contribution in [3.05, 3.63) is 22.2 Å². The zero-order valence-electron chi connectivity index (χ0n) is 10.9. The summed E-state index contributed by atoms with van der Waals surface area (Å²) >= 11 is 3.38. The number of ether oxygens (including phenoxy) is 1. The molecule has 18 heavy (non-hydrogen) atoms. The van der Waals surface area contributed by atoms with Crippen LogP contribution in [0.2, 0.25) is 0 Å². The largest absolute Gasteiger partial charge is 0.504 e. The van der Waals surface area contributed by atoms with Gasteiger partial charge in [-0.2, -0.15) is 0 Å². The Morgan fingerprint density at radius 2 is 2.06 bits per heavy atom. The lowest BCUT2D eigenvalue weighted by molar-refractivity contribution is 0.206. The molecule has 0 heterocycles. The van der Waals surface area contributed by atoms with Crippen LogP contribution in [0.3, 0.4) is 0 Å². The van der Waals surface area contributed by atoms with E-state index in [-0.39, 0.29) is 24.3 Å². The maximum absolute atomic E-state index is 9.99. The molecule has 0 amide bonds. The molecule has 1 aromatic carbocycles. The normalized spacial score (nSPS) is 14.3. The van der Waals surface area contributed by atoms with Crippen LogP contribution in [0.4, 0.5) is 0 Å². The lowest BCUT2D eigenvalue weighted by atomic mass is 10.0. The highest BCUT2D eigenvalue weighted by Gasteiger charge is 2.13. The number of hydrogen-bond donors (Lipinski definition) is 3. The van der Waals surface area contributed by atoms with Gasteiger partial charge in [0.1, 0.15) is 0 Å². The number of aromatic hydroxyl groups is 1. The number of phenolic OH excluding ortho intramolecular Hbond substituents is 1. The number of aliphatic hydroxyl groups is 1. The lowest BCUT2D eigenvalue weighted by Gasteiger charge is -2.20. The van der Waals surface area contributed by atoms with E-state index >= 15 is 0 Å². The maximum atomic E-state index is 9.99. The van der Waals surface area contributed by atoms with Crippen LogP contribution in [0.1, 0.15) is 19.4 Å². The first-order valence-electron chi connectivity index (χ1n) is 5.89. The number of halogens is 1. The third-order valence-corrected chi connectivity index (χ3v) is 3.55. The van der Waals surface area contributed by atoms with Gasteiger partial charge in [0.2, 0.25) is 0 Å². The van der Waals surface area contributed by atoms with E-state index in [1.54, 1.807) is 6.07 Å². The molecule has 0 bridgehead atoms. The van der Waals surface area contributed by atoms with Crippen LogP contribution in [0.15, 0.2) is 16.6 Å². The van der Waals surface area contributed by atoms with E-state index < -0.39 is 0 Å². The minimum atomic E-state index is 0.141. The molecule has 0 fully saturated rings. The fraction of sp³-hybridized carbons (Fsp3) is 0.538. The highest BCUT2D eigenvalue weighted by atomic mass is 79.9. The molecule has 0 saturated heterocycles. The van der Waals surface area contributed by atoms with Crippen molar-refractivity contribution in [1.82, 2.24) is 5.32 Å². The van der Waals surface area contributed by atoms with Crippen LogP contribution in [-0.2, 0) is 6.54 Å². The van der Waals surface area contributed by atoms with Crippen molar-refractivity contribution in [2.24, 2.45) is 5.92 Å². The predicted octanol–water partition coefficient (Wildman–Crippen LogP) is 2.27. The Morgan fingerprint density at radius 3 is 2.61 bits per heavy atom. The summed E-state index contributed by atoms with van der Waals surface area (Å²) < 4.78 is 5.95. The molecule has 0 spiro atoms. The van der Waals surface area contributed by atoms with Crippen LogP contribution in [0, 0.1) is 5.92 Å². The fourth-order valence-electron chi connectivity index (χ4n) is 1.55. The topological polar surface area (TPSA) is 61.7 Å². The smallest absolute Gasteiger partial charge is 0.162 e.